The largest absolute Gasteiger partial charge is 0.506 e. The molecule has 4 heteroatoms. The Morgan fingerprint density at radius 3 is 2.69 bits per heavy atom. The van der Waals surface area contributed by atoms with Gasteiger partial charge in [-0.2, -0.15) is 0 Å². The Morgan fingerprint density at radius 2 is 2.00 bits per heavy atom. The molecular formula is C12H11FN2O. The molecule has 0 aliphatic carbocycles. The van der Waals surface area contributed by atoms with E-state index < -0.39 is 0 Å². The van der Waals surface area contributed by atoms with Gasteiger partial charge in [-0.25, -0.2) is 4.39 Å². The summed E-state index contributed by atoms with van der Waals surface area (Å²) in [4.78, 5) is 7.85. The van der Waals surface area contributed by atoms with Gasteiger partial charge in [0.1, 0.15) is 5.75 Å². The normalized spacial score (nSPS) is 10.4. The molecule has 0 atom stereocenters. The summed E-state index contributed by atoms with van der Waals surface area (Å²) in [7, 11) is 0. The molecule has 0 saturated carbocycles. The molecule has 0 unspecified atom stereocenters. The molecule has 2 rings (SSSR count). The van der Waals surface area contributed by atoms with Gasteiger partial charge in [0.2, 0.25) is 0 Å². The van der Waals surface area contributed by atoms with Crippen molar-refractivity contribution in [1.82, 2.24) is 9.97 Å². The minimum Gasteiger partial charge on any atom is -0.506 e. The molecule has 0 aliphatic heterocycles. The highest BCUT2D eigenvalue weighted by atomic mass is 19.1. The van der Waals surface area contributed by atoms with Crippen LogP contribution in [0, 0.1) is 19.7 Å². The molecular weight excluding hydrogens is 207 g/mol. The number of aromatic nitrogens is 2. The Balaban J connectivity index is 2.59. The molecule has 0 aliphatic rings. The van der Waals surface area contributed by atoms with Crippen LogP contribution in [0.5, 0.6) is 5.75 Å². The maximum atomic E-state index is 13.8. The smallest absolute Gasteiger partial charge is 0.153 e. The van der Waals surface area contributed by atoms with Crippen molar-refractivity contribution >= 4 is 0 Å². The molecule has 0 saturated heterocycles. The van der Waals surface area contributed by atoms with Gasteiger partial charge in [0.25, 0.3) is 0 Å². The van der Waals surface area contributed by atoms with Crippen molar-refractivity contribution in [2.75, 3.05) is 0 Å². The van der Waals surface area contributed by atoms with Crippen molar-refractivity contribution in [3.05, 3.63) is 41.6 Å². The van der Waals surface area contributed by atoms with Gasteiger partial charge in [-0.1, -0.05) is 0 Å². The van der Waals surface area contributed by atoms with E-state index in [2.05, 4.69) is 9.97 Å². The minimum atomic E-state index is -0.375. The van der Waals surface area contributed by atoms with E-state index in [4.69, 9.17) is 0 Å². The lowest BCUT2D eigenvalue weighted by molar-refractivity contribution is 0.468. The molecule has 2 heterocycles. The Kier molecular flexibility index (Phi) is 2.56. The molecule has 0 spiro atoms. The lowest BCUT2D eigenvalue weighted by Crippen LogP contribution is -1.94. The second-order valence-corrected chi connectivity index (χ2v) is 3.61. The standard InChI is InChI=1S/C12H11FN2O/c1-7-5-10(15-6-11(7)16)9-3-4-14-8(2)12(9)13/h3-6,16H,1-2H3. The van der Waals surface area contributed by atoms with Gasteiger partial charge >= 0.3 is 0 Å². The van der Waals surface area contributed by atoms with Crippen molar-refractivity contribution in [1.29, 1.82) is 0 Å². The zero-order valence-electron chi connectivity index (χ0n) is 9.03. The van der Waals surface area contributed by atoms with Crippen LogP contribution in [0.25, 0.3) is 11.3 Å². The Hall–Kier alpha value is -1.97. The molecule has 3 nitrogen and oxygen atoms in total. The molecule has 0 amide bonds. The highest BCUT2D eigenvalue weighted by Crippen LogP contribution is 2.25. The number of aryl methyl sites for hydroxylation is 2. The maximum Gasteiger partial charge on any atom is 0.153 e. The van der Waals surface area contributed by atoms with Gasteiger partial charge in [-0.15, -0.1) is 0 Å². The van der Waals surface area contributed by atoms with E-state index in [9.17, 15) is 9.50 Å². The first-order valence-electron chi connectivity index (χ1n) is 4.86. The van der Waals surface area contributed by atoms with Gasteiger partial charge in [0.05, 0.1) is 17.6 Å². The monoisotopic (exact) mass is 218 g/mol. The number of hydrogen-bond donors (Lipinski definition) is 1. The van der Waals surface area contributed by atoms with E-state index in [0.717, 1.165) is 0 Å². The van der Waals surface area contributed by atoms with Crippen LogP contribution >= 0.6 is 0 Å². The highest BCUT2D eigenvalue weighted by Gasteiger charge is 2.10. The van der Waals surface area contributed by atoms with Crippen LogP contribution in [0.3, 0.4) is 0 Å². The van der Waals surface area contributed by atoms with E-state index in [0.29, 0.717) is 22.5 Å². The van der Waals surface area contributed by atoms with E-state index in [1.807, 2.05) is 0 Å². The first-order valence-corrected chi connectivity index (χ1v) is 4.86. The molecule has 1 N–H and O–H groups in total. The highest BCUT2D eigenvalue weighted by molar-refractivity contribution is 5.61. The number of aromatic hydroxyl groups is 1. The zero-order chi connectivity index (χ0) is 11.7. The fourth-order valence-electron chi connectivity index (χ4n) is 1.44. The predicted octanol–water partition coefficient (Wildman–Crippen LogP) is 2.61. The predicted molar refractivity (Wildman–Crippen MR) is 58.6 cm³/mol. The third kappa shape index (κ3) is 1.74. The fourth-order valence-corrected chi connectivity index (χ4v) is 1.44. The molecule has 0 radical (unpaired) electrons. The topological polar surface area (TPSA) is 46.0 Å². The summed E-state index contributed by atoms with van der Waals surface area (Å²) in [6, 6.07) is 3.22. The summed E-state index contributed by atoms with van der Waals surface area (Å²) in [5, 5.41) is 9.35. The lowest BCUT2D eigenvalue weighted by Gasteiger charge is -2.05. The number of halogens is 1. The van der Waals surface area contributed by atoms with Crippen LogP contribution in [-0.4, -0.2) is 15.1 Å². The molecule has 82 valence electrons. The van der Waals surface area contributed by atoms with E-state index in [1.165, 1.54) is 12.4 Å². The van der Waals surface area contributed by atoms with Crippen LogP contribution < -0.4 is 0 Å². The zero-order valence-corrected chi connectivity index (χ0v) is 9.03. The summed E-state index contributed by atoms with van der Waals surface area (Å²) >= 11 is 0. The number of rotatable bonds is 1. The van der Waals surface area contributed by atoms with Crippen molar-refractivity contribution in [2.24, 2.45) is 0 Å². The summed E-state index contributed by atoms with van der Waals surface area (Å²) in [6.07, 6.45) is 2.86. The first kappa shape index (κ1) is 10.5. The maximum absolute atomic E-state index is 13.8. The fraction of sp³-hybridized carbons (Fsp3) is 0.167. The molecule has 16 heavy (non-hydrogen) atoms. The van der Waals surface area contributed by atoms with Crippen molar-refractivity contribution in [2.45, 2.75) is 13.8 Å². The van der Waals surface area contributed by atoms with Gasteiger partial charge in [-0.3, -0.25) is 9.97 Å². The molecule has 2 aromatic heterocycles. The SMILES string of the molecule is Cc1cc(-c2ccnc(C)c2F)ncc1O. The number of pyridine rings is 2. The van der Waals surface area contributed by atoms with Crippen LogP contribution in [0.15, 0.2) is 24.5 Å². The average Bonchev–Trinajstić information content (AvgIpc) is 2.26. The molecule has 0 bridgehead atoms. The van der Waals surface area contributed by atoms with Gasteiger partial charge in [0, 0.05) is 11.8 Å². The van der Waals surface area contributed by atoms with E-state index in [-0.39, 0.29) is 11.6 Å². The van der Waals surface area contributed by atoms with Gasteiger partial charge in [0.15, 0.2) is 5.82 Å². The molecule has 2 aromatic rings. The van der Waals surface area contributed by atoms with Crippen molar-refractivity contribution < 1.29 is 9.50 Å². The van der Waals surface area contributed by atoms with E-state index in [1.54, 1.807) is 26.0 Å². The number of hydrogen-bond acceptors (Lipinski definition) is 3. The second kappa shape index (κ2) is 3.89. The van der Waals surface area contributed by atoms with Gasteiger partial charge in [-0.05, 0) is 31.5 Å². The summed E-state index contributed by atoms with van der Waals surface area (Å²) in [6.45, 7) is 3.35. The van der Waals surface area contributed by atoms with Crippen molar-refractivity contribution in [3.63, 3.8) is 0 Å². The van der Waals surface area contributed by atoms with E-state index >= 15 is 0 Å². The molecule has 0 aromatic carbocycles. The third-order valence-corrected chi connectivity index (χ3v) is 2.42. The average molecular weight is 218 g/mol. The quantitative estimate of drug-likeness (QED) is 0.800. The second-order valence-electron chi connectivity index (χ2n) is 3.61. The Bertz CT molecular complexity index is 541. The lowest BCUT2D eigenvalue weighted by atomic mass is 10.1. The van der Waals surface area contributed by atoms with Crippen LogP contribution in [-0.2, 0) is 0 Å². The van der Waals surface area contributed by atoms with Gasteiger partial charge < -0.3 is 5.11 Å². The summed E-state index contributed by atoms with van der Waals surface area (Å²) < 4.78 is 13.8. The van der Waals surface area contributed by atoms with Crippen molar-refractivity contribution in [3.8, 4) is 17.0 Å². The Morgan fingerprint density at radius 1 is 1.25 bits per heavy atom. The summed E-state index contributed by atoms with van der Waals surface area (Å²) in [5.74, 6) is -0.268. The third-order valence-electron chi connectivity index (χ3n) is 2.42. The van der Waals surface area contributed by atoms with Crippen LogP contribution in [0.4, 0.5) is 4.39 Å². The van der Waals surface area contributed by atoms with Crippen LogP contribution in [0.1, 0.15) is 11.3 Å². The molecule has 0 fully saturated rings. The van der Waals surface area contributed by atoms with Crippen LogP contribution in [0.2, 0.25) is 0 Å². The Labute approximate surface area is 92.6 Å². The number of nitrogens with zero attached hydrogens (tertiary/aromatic N) is 2. The summed E-state index contributed by atoms with van der Waals surface area (Å²) in [5.41, 5.74) is 1.90. The first-order chi connectivity index (χ1) is 7.59. The minimum absolute atomic E-state index is 0.106.